The number of nitrogens with zero attached hydrogens (tertiary/aromatic N) is 1. The maximum atomic E-state index is 12.0. The molecule has 21 heavy (non-hydrogen) atoms. The number of amides is 2. The van der Waals surface area contributed by atoms with Crippen LogP contribution in [-0.4, -0.2) is 34.4 Å². The third kappa shape index (κ3) is 4.05. The SMILES string of the molecule is CCC(C)NC(=O)CCNC(=O)c1ccc2nc[nH]c2c1. The number of nitrogens with one attached hydrogen (secondary N) is 3. The van der Waals surface area contributed by atoms with Crippen molar-refractivity contribution in [3.63, 3.8) is 0 Å². The van der Waals surface area contributed by atoms with Gasteiger partial charge in [0.05, 0.1) is 17.4 Å². The molecule has 1 atom stereocenters. The van der Waals surface area contributed by atoms with Crippen LogP contribution in [0.3, 0.4) is 0 Å². The number of H-pyrrole nitrogens is 1. The summed E-state index contributed by atoms with van der Waals surface area (Å²) in [5.74, 6) is -0.239. The normalized spacial score (nSPS) is 12.1. The summed E-state index contributed by atoms with van der Waals surface area (Å²) < 4.78 is 0. The molecule has 0 radical (unpaired) electrons. The summed E-state index contributed by atoms with van der Waals surface area (Å²) in [4.78, 5) is 30.6. The lowest BCUT2D eigenvalue weighted by Crippen LogP contribution is -2.35. The van der Waals surface area contributed by atoms with Gasteiger partial charge < -0.3 is 15.6 Å². The molecular weight excluding hydrogens is 268 g/mol. The Labute approximate surface area is 123 Å². The maximum absolute atomic E-state index is 12.0. The number of aromatic amines is 1. The first kappa shape index (κ1) is 15.0. The molecule has 1 unspecified atom stereocenters. The Morgan fingerprint density at radius 3 is 2.95 bits per heavy atom. The van der Waals surface area contributed by atoms with Crippen molar-refractivity contribution in [3.05, 3.63) is 30.1 Å². The Morgan fingerprint density at radius 2 is 2.19 bits per heavy atom. The fraction of sp³-hybridized carbons (Fsp3) is 0.400. The van der Waals surface area contributed by atoms with Gasteiger partial charge in [-0.25, -0.2) is 4.98 Å². The fourth-order valence-electron chi connectivity index (χ4n) is 1.92. The molecule has 1 aromatic heterocycles. The maximum Gasteiger partial charge on any atom is 0.251 e. The Kier molecular flexibility index (Phi) is 4.92. The van der Waals surface area contributed by atoms with E-state index in [1.54, 1.807) is 24.5 Å². The number of carbonyl (C=O) groups excluding carboxylic acids is 2. The molecule has 0 saturated carbocycles. The first-order valence-corrected chi connectivity index (χ1v) is 7.11. The largest absolute Gasteiger partial charge is 0.354 e. The molecule has 1 heterocycles. The van der Waals surface area contributed by atoms with Gasteiger partial charge >= 0.3 is 0 Å². The van der Waals surface area contributed by atoms with Crippen LogP contribution in [0.25, 0.3) is 11.0 Å². The lowest BCUT2D eigenvalue weighted by Gasteiger charge is -2.11. The van der Waals surface area contributed by atoms with E-state index in [0.717, 1.165) is 17.5 Å². The highest BCUT2D eigenvalue weighted by molar-refractivity contribution is 5.97. The zero-order valence-electron chi connectivity index (χ0n) is 12.3. The molecule has 6 heteroatoms. The first-order valence-electron chi connectivity index (χ1n) is 7.11. The molecule has 0 saturated heterocycles. The Balaban J connectivity index is 1.83. The Morgan fingerprint density at radius 1 is 1.38 bits per heavy atom. The molecule has 0 bridgehead atoms. The molecular formula is C15H20N4O2. The molecule has 0 aliphatic rings. The Hall–Kier alpha value is -2.37. The zero-order chi connectivity index (χ0) is 15.2. The van der Waals surface area contributed by atoms with Crippen LogP contribution in [0.4, 0.5) is 0 Å². The van der Waals surface area contributed by atoms with E-state index in [1.807, 2.05) is 13.8 Å². The summed E-state index contributed by atoms with van der Waals surface area (Å²) in [5, 5.41) is 5.60. The minimum atomic E-state index is -0.192. The highest BCUT2D eigenvalue weighted by atomic mass is 16.2. The van der Waals surface area contributed by atoms with Gasteiger partial charge in [0.15, 0.2) is 0 Å². The van der Waals surface area contributed by atoms with E-state index in [9.17, 15) is 9.59 Å². The van der Waals surface area contributed by atoms with E-state index in [2.05, 4.69) is 20.6 Å². The van der Waals surface area contributed by atoms with Crippen LogP contribution in [0.5, 0.6) is 0 Å². The number of fused-ring (bicyclic) bond motifs is 1. The summed E-state index contributed by atoms with van der Waals surface area (Å²) >= 11 is 0. The summed E-state index contributed by atoms with van der Waals surface area (Å²) in [7, 11) is 0. The molecule has 2 amide bonds. The minimum Gasteiger partial charge on any atom is -0.354 e. The zero-order valence-corrected chi connectivity index (χ0v) is 12.3. The van der Waals surface area contributed by atoms with Gasteiger partial charge in [-0.1, -0.05) is 6.92 Å². The monoisotopic (exact) mass is 288 g/mol. The molecule has 2 rings (SSSR count). The fourth-order valence-corrected chi connectivity index (χ4v) is 1.92. The predicted octanol–water partition coefficient (Wildman–Crippen LogP) is 1.60. The van der Waals surface area contributed by atoms with Crippen molar-refractivity contribution in [1.82, 2.24) is 20.6 Å². The minimum absolute atomic E-state index is 0.0475. The molecule has 6 nitrogen and oxygen atoms in total. The van der Waals surface area contributed by atoms with Gasteiger partial charge in [-0.15, -0.1) is 0 Å². The number of carbonyl (C=O) groups is 2. The van der Waals surface area contributed by atoms with Crippen LogP contribution in [-0.2, 0) is 4.79 Å². The lowest BCUT2D eigenvalue weighted by molar-refractivity contribution is -0.121. The number of aromatic nitrogens is 2. The summed E-state index contributed by atoms with van der Waals surface area (Å²) in [5.41, 5.74) is 2.19. The van der Waals surface area contributed by atoms with Crippen LogP contribution in [0.15, 0.2) is 24.5 Å². The van der Waals surface area contributed by atoms with Crippen LogP contribution in [0.1, 0.15) is 37.0 Å². The van der Waals surface area contributed by atoms with Gasteiger partial charge in [-0.3, -0.25) is 9.59 Å². The number of benzene rings is 1. The van der Waals surface area contributed by atoms with Gasteiger partial charge in [0.2, 0.25) is 5.91 Å². The van der Waals surface area contributed by atoms with Crippen LogP contribution in [0.2, 0.25) is 0 Å². The van der Waals surface area contributed by atoms with Crippen LogP contribution in [0, 0.1) is 0 Å². The number of hydrogen-bond donors (Lipinski definition) is 3. The second-order valence-corrected chi connectivity index (χ2v) is 5.02. The van der Waals surface area contributed by atoms with Gasteiger partial charge in [0, 0.05) is 24.6 Å². The molecule has 1 aromatic carbocycles. The summed E-state index contributed by atoms with van der Waals surface area (Å²) in [6, 6.07) is 5.42. The van der Waals surface area contributed by atoms with Gasteiger partial charge in [0.25, 0.3) is 5.91 Å². The van der Waals surface area contributed by atoms with Crippen molar-refractivity contribution in [3.8, 4) is 0 Å². The van der Waals surface area contributed by atoms with Crippen molar-refractivity contribution < 1.29 is 9.59 Å². The van der Waals surface area contributed by atoms with Crippen LogP contribution >= 0.6 is 0 Å². The summed E-state index contributed by atoms with van der Waals surface area (Å²) in [6.45, 7) is 4.29. The quantitative estimate of drug-likeness (QED) is 0.754. The standard InChI is InChI=1S/C15H20N4O2/c1-3-10(2)19-14(20)6-7-16-15(21)11-4-5-12-13(8-11)18-9-17-12/h4-5,8-10H,3,6-7H2,1-2H3,(H,16,21)(H,17,18)(H,19,20). The van der Waals surface area contributed by atoms with Gasteiger partial charge in [-0.2, -0.15) is 0 Å². The highest BCUT2D eigenvalue weighted by Gasteiger charge is 2.09. The number of imidazole rings is 1. The summed E-state index contributed by atoms with van der Waals surface area (Å²) in [6.07, 6.45) is 2.76. The van der Waals surface area contributed by atoms with Crippen molar-refractivity contribution in [1.29, 1.82) is 0 Å². The van der Waals surface area contributed by atoms with E-state index in [1.165, 1.54) is 0 Å². The molecule has 112 valence electrons. The van der Waals surface area contributed by atoms with Gasteiger partial charge in [0.1, 0.15) is 0 Å². The third-order valence-electron chi connectivity index (χ3n) is 3.34. The average molecular weight is 288 g/mol. The molecule has 0 fully saturated rings. The second kappa shape index (κ2) is 6.88. The predicted molar refractivity (Wildman–Crippen MR) is 80.9 cm³/mol. The van der Waals surface area contributed by atoms with Crippen LogP contribution < -0.4 is 10.6 Å². The number of hydrogen-bond acceptors (Lipinski definition) is 3. The van der Waals surface area contributed by atoms with E-state index < -0.39 is 0 Å². The van der Waals surface area contributed by atoms with Crippen molar-refractivity contribution in [2.75, 3.05) is 6.54 Å². The molecule has 0 aliphatic heterocycles. The van der Waals surface area contributed by atoms with Crippen molar-refractivity contribution >= 4 is 22.8 Å². The van der Waals surface area contributed by atoms with E-state index in [0.29, 0.717) is 12.1 Å². The van der Waals surface area contributed by atoms with Crippen molar-refractivity contribution in [2.24, 2.45) is 0 Å². The lowest BCUT2D eigenvalue weighted by atomic mass is 10.2. The third-order valence-corrected chi connectivity index (χ3v) is 3.34. The molecule has 0 aliphatic carbocycles. The van der Waals surface area contributed by atoms with Gasteiger partial charge in [-0.05, 0) is 31.5 Å². The molecule has 2 aromatic rings. The first-order chi connectivity index (χ1) is 10.1. The molecule has 3 N–H and O–H groups in total. The smallest absolute Gasteiger partial charge is 0.251 e. The average Bonchev–Trinajstić information content (AvgIpc) is 2.94. The van der Waals surface area contributed by atoms with Crippen molar-refractivity contribution in [2.45, 2.75) is 32.7 Å². The topological polar surface area (TPSA) is 86.9 Å². The van der Waals surface area contributed by atoms with E-state index in [4.69, 9.17) is 0 Å². The molecule has 0 spiro atoms. The Bertz CT molecular complexity index is 635. The van der Waals surface area contributed by atoms with E-state index >= 15 is 0 Å². The van der Waals surface area contributed by atoms with E-state index in [-0.39, 0.29) is 24.3 Å². The second-order valence-electron chi connectivity index (χ2n) is 5.02. The highest BCUT2D eigenvalue weighted by Crippen LogP contribution is 2.11. The number of rotatable bonds is 6.